The Kier molecular flexibility index (Phi) is 29.9. The van der Waals surface area contributed by atoms with Crippen molar-refractivity contribution in [3.8, 4) is 0 Å². The molecule has 0 unspecified atom stereocenters. The molecular weight excluding hydrogens is 712 g/mol. The lowest BCUT2D eigenvalue weighted by Gasteiger charge is -2.22. The fourth-order valence-electron chi connectivity index (χ4n) is 4.43. The highest BCUT2D eigenvalue weighted by Gasteiger charge is 2.15. The molecule has 0 aromatic heterocycles. The van der Waals surface area contributed by atoms with Crippen molar-refractivity contribution in [2.75, 3.05) is 92.0 Å². The highest BCUT2D eigenvalue weighted by molar-refractivity contribution is 5.78. The first-order valence-electron chi connectivity index (χ1n) is 18.6. The van der Waals surface area contributed by atoms with Crippen molar-refractivity contribution >= 4 is 41.7 Å². The van der Waals surface area contributed by atoms with Crippen molar-refractivity contribution in [1.82, 2.24) is 31.5 Å². The summed E-state index contributed by atoms with van der Waals surface area (Å²) in [6.45, 7) is 10.6. The van der Waals surface area contributed by atoms with Crippen LogP contribution in [0, 0.1) is 0 Å². The van der Waals surface area contributed by atoms with Gasteiger partial charge in [0, 0.05) is 104 Å². The second kappa shape index (κ2) is 32.4. The number of aliphatic carboxylic acids is 2. The molecule has 54 heavy (non-hydrogen) atoms. The molecule has 19 heteroatoms. The van der Waals surface area contributed by atoms with Crippen LogP contribution in [-0.2, 0) is 47.7 Å². The first-order chi connectivity index (χ1) is 25.7. The van der Waals surface area contributed by atoms with Crippen molar-refractivity contribution in [2.45, 2.75) is 90.6 Å². The summed E-state index contributed by atoms with van der Waals surface area (Å²) in [4.78, 5) is 83.1. The van der Waals surface area contributed by atoms with E-state index in [0.29, 0.717) is 78.7 Å². The minimum Gasteiger partial charge on any atom is -0.481 e. The molecule has 312 valence electrons. The number of carboxylic acid groups (broad SMARTS) is 2. The number of carbonyl (C=O) groups is 7. The van der Waals surface area contributed by atoms with Gasteiger partial charge in [-0.15, -0.1) is 0 Å². The molecule has 0 aliphatic heterocycles. The van der Waals surface area contributed by atoms with Crippen molar-refractivity contribution in [1.29, 1.82) is 0 Å². The van der Waals surface area contributed by atoms with E-state index >= 15 is 0 Å². The molecule has 0 bridgehead atoms. The molecule has 0 aromatic rings. The van der Waals surface area contributed by atoms with Gasteiger partial charge in [-0.1, -0.05) is 0 Å². The van der Waals surface area contributed by atoms with Crippen molar-refractivity contribution < 1.29 is 62.7 Å². The van der Waals surface area contributed by atoms with Crippen LogP contribution in [0.5, 0.6) is 0 Å². The number of hydrogen-bond donors (Lipinski definition) is 7. The lowest BCUT2D eigenvalue weighted by atomic mass is 10.2. The fraction of sp³-hybridized carbons (Fsp3) is 0.800. The third-order valence-corrected chi connectivity index (χ3v) is 7.08. The summed E-state index contributed by atoms with van der Waals surface area (Å²) in [6, 6.07) is 0. The molecule has 0 aliphatic rings. The van der Waals surface area contributed by atoms with Crippen LogP contribution in [0.3, 0.4) is 0 Å². The molecule has 5 amide bonds. The highest BCUT2D eigenvalue weighted by Crippen LogP contribution is 2.06. The van der Waals surface area contributed by atoms with E-state index in [9.17, 15) is 33.6 Å². The van der Waals surface area contributed by atoms with Crippen LogP contribution in [0.2, 0.25) is 0 Å². The van der Waals surface area contributed by atoms with E-state index in [-0.39, 0.29) is 101 Å². The van der Waals surface area contributed by atoms with Crippen LogP contribution in [0.1, 0.15) is 85.0 Å². The number of carbonyl (C=O) groups excluding carboxylic acids is 5. The minimum absolute atomic E-state index is 0.0876. The van der Waals surface area contributed by atoms with Gasteiger partial charge >= 0.3 is 18.0 Å². The maximum Gasteiger partial charge on any atom is 0.407 e. The Bertz CT molecular complexity index is 1050. The first kappa shape index (κ1) is 49.9. The SMILES string of the molecule is CC(C)(C)OC(=O)NCCCOCCOCCOCCCN(CCC(=O)NCCNC(=O)CCCC(=O)O)CCC(=O)NCCNC(=O)CCCC(=O)O. The largest absolute Gasteiger partial charge is 0.481 e. The van der Waals surface area contributed by atoms with E-state index in [1.54, 1.807) is 20.8 Å². The standard InChI is InChI=1S/C35H64N6O13/c1-35(2,3)54-34(50)40-14-6-22-51-24-26-53-27-25-52-23-7-19-41(20-12-30(44)38-17-15-36-28(42)8-4-10-32(46)47)21-13-31(45)39-18-16-37-29(43)9-5-11-33(48)49/h4-27H2,1-3H3,(H,36,42)(H,37,43)(H,38,44)(H,39,45)(H,40,50)(H,46,47)(H,48,49). The van der Waals surface area contributed by atoms with Crippen LogP contribution in [0.4, 0.5) is 4.79 Å². The lowest BCUT2D eigenvalue weighted by Crippen LogP contribution is -2.38. The third kappa shape index (κ3) is 36.3. The second-order valence-corrected chi connectivity index (χ2v) is 13.2. The van der Waals surface area contributed by atoms with Gasteiger partial charge in [-0.2, -0.15) is 0 Å². The Labute approximate surface area is 318 Å². The average molecular weight is 777 g/mol. The minimum atomic E-state index is -0.964. The predicted molar refractivity (Wildman–Crippen MR) is 197 cm³/mol. The molecule has 0 saturated heterocycles. The van der Waals surface area contributed by atoms with E-state index < -0.39 is 23.6 Å². The first-order valence-corrected chi connectivity index (χ1v) is 18.6. The van der Waals surface area contributed by atoms with Gasteiger partial charge in [-0.05, 0) is 46.5 Å². The maximum absolute atomic E-state index is 12.4. The molecule has 0 aliphatic carbocycles. The molecular formula is C35H64N6O13. The van der Waals surface area contributed by atoms with Gasteiger partial charge in [0.15, 0.2) is 0 Å². The molecule has 0 heterocycles. The summed E-state index contributed by atoms with van der Waals surface area (Å²) < 4.78 is 21.8. The van der Waals surface area contributed by atoms with Gasteiger partial charge in [0.1, 0.15) is 5.60 Å². The van der Waals surface area contributed by atoms with Crippen LogP contribution >= 0.6 is 0 Å². The number of ether oxygens (including phenoxy) is 4. The van der Waals surface area contributed by atoms with Crippen LogP contribution in [0.15, 0.2) is 0 Å². The number of carboxylic acids is 2. The van der Waals surface area contributed by atoms with E-state index in [1.165, 1.54) is 0 Å². The van der Waals surface area contributed by atoms with E-state index in [0.717, 1.165) is 0 Å². The summed E-state index contributed by atoms with van der Waals surface area (Å²) in [5.74, 6) is -2.94. The number of alkyl carbamates (subject to hydrolysis) is 1. The fourth-order valence-corrected chi connectivity index (χ4v) is 4.43. The summed E-state index contributed by atoms with van der Waals surface area (Å²) in [6.07, 6.45) is 1.65. The monoisotopic (exact) mass is 776 g/mol. The molecule has 0 fully saturated rings. The Morgan fingerprint density at radius 1 is 0.463 bits per heavy atom. The van der Waals surface area contributed by atoms with E-state index in [1.807, 2.05) is 4.90 Å². The van der Waals surface area contributed by atoms with E-state index in [4.69, 9.17) is 29.2 Å². The zero-order valence-electron chi connectivity index (χ0n) is 32.3. The van der Waals surface area contributed by atoms with Crippen LogP contribution in [0.25, 0.3) is 0 Å². The topological polar surface area (TPSA) is 260 Å². The Hall–Kier alpha value is -4.07. The molecule has 7 N–H and O–H groups in total. The molecule has 0 aromatic carbocycles. The van der Waals surface area contributed by atoms with Gasteiger partial charge in [0.25, 0.3) is 0 Å². The van der Waals surface area contributed by atoms with Crippen molar-refractivity contribution in [3.05, 3.63) is 0 Å². The van der Waals surface area contributed by atoms with Gasteiger partial charge in [0.05, 0.1) is 26.4 Å². The zero-order chi connectivity index (χ0) is 40.5. The summed E-state index contributed by atoms with van der Waals surface area (Å²) in [5, 5.41) is 30.7. The summed E-state index contributed by atoms with van der Waals surface area (Å²) in [5.41, 5.74) is -0.541. The number of amides is 5. The molecule has 0 radical (unpaired) electrons. The Morgan fingerprint density at radius 3 is 1.26 bits per heavy atom. The normalized spacial score (nSPS) is 11.1. The predicted octanol–water partition coefficient (Wildman–Crippen LogP) is 0.398. The number of hydrogen-bond acceptors (Lipinski definition) is 12. The van der Waals surface area contributed by atoms with Crippen LogP contribution < -0.4 is 26.6 Å². The van der Waals surface area contributed by atoms with Crippen LogP contribution in [-0.4, -0.2) is 154 Å². The number of nitrogens with zero attached hydrogens (tertiary/aromatic N) is 1. The van der Waals surface area contributed by atoms with E-state index in [2.05, 4.69) is 26.6 Å². The lowest BCUT2D eigenvalue weighted by molar-refractivity contribution is -0.138. The Morgan fingerprint density at radius 2 is 0.852 bits per heavy atom. The average Bonchev–Trinajstić information content (AvgIpc) is 3.08. The summed E-state index contributed by atoms with van der Waals surface area (Å²) >= 11 is 0. The third-order valence-electron chi connectivity index (χ3n) is 7.08. The van der Waals surface area contributed by atoms with Gasteiger partial charge in [-0.25, -0.2) is 4.79 Å². The number of rotatable bonds is 34. The molecule has 0 spiro atoms. The van der Waals surface area contributed by atoms with Gasteiger partial charge in [0.2, 0.25) is 23.6 Å². The van der Waals surface area contributed by atoms with Gasteiger partial charge in [-0.3, -0.25) is 28.8 Å². The highest BCUT2D eigenvalue weighted by atomic mass is 16.6. The quantitative estimate of drug-likeness (QED) is 0.0437. The summed E-state index contributed by atoms with van der Waals surface area (Å²) in [7, 11) is 0. The molecule has 0 rings (SSSR count). The number of nitrogens with one attached hydrogen (secondary N) is 5. The smallest absolute Gasteiger partial charge is 0.407 e. The molecule has 0 saturated carbocycles. The van der Waals surface area contributed by atoms with Crippen molar-refractivity contribution in [2.24, 2.45) is 0 Å². The molecule has 19 nitrogen and oxygen atoms in total. The molecule has 0 atom stereocenters. The van der Waals surface area contributed by atoms with Crippen molar-refractivity contribution in [3.63, 3.8) is 0 Å². The second-order valence-electron chi connectivity index (χ2n) is 13.2. The van der Waals surface area contributed by atoms with Gasteiger partial charge < -0.3 is 60.6 Å². The zero-order valence-corrected chi connectivity index (χ0v) is 32.3. The maximum atomic E-state index is 12.4. The Balaban J connectivity index is 4.35.